The molecule has 26 heavy (non-hydrogen) atoms. The van der Waals surface area contributed by atoms with Gasteiger partial charge < -0.3 is 5.32 Å². The first-order valence-corrected chi connectivity index (χ1v) is 11.1. The molecule has 0 saturated carbocycles. The molecular weight excluding hydrogens is 318 g/mol. The number of carbonyl (C=O) groups is 1. The minimum atomic E-state index is 0.167. The minimum Gasteiger partial charge on any atom is -0.326 e. The van der Waals surface area contributed by atoms with Crippen LogP contribution in [0.2, 0.25) is 0 Å². The fraction of sp³-hybridized carbons (Fsp3) is 0.708. The van der Waals surface area contributed by atoms with Crippen molar-refractivity contribution < 1.29 is 4.79 Å². The second-order valence-corrected chi connectivity index (χ2v) is 7.52. The van der Waals surface area contributed by atoms with Gasteiger partial charge in [-0.25, -0.2) is 0 Å². The lowest BCUT2D eigenvalue weighted by atomic mass is 10.1. The first kappa shape index (κ1) is 22.7. The lowest BCUT2D eigenvalue weighted by Gasteiger charge is -2.08. The fourth-order valence-electron chi connectivity index (χ4n) is 3.29. The van der Waals surface area contributed by atoms with E-state index < -0.39 is 0 Å². The van der Waals surface area contributed by atoms with Crippen molar-refractivity contribution >= 4 is 5.91 Å². The monoisotopic (exact) mass is 359 g/mol. The molecule has 0 heterocycles. The SMILES string of the molecule is CCCCCCCC/C=C\CCCCCCCC(=O)NC1=CCCC=C1. The zero-order valence-corrected chi connectivity index (χ0v) is 17.1. The molecule has 1 amide bonds. The normalized spacial score (nSPS) is 14.0. The molecule has 0 aromatic rings. The summed E-state index contributed by atoms with van der Waals surface area (Å²) in [6.07, 6.45) is 30.6. The molecule has 0 radical (unpaired) electrons. The number of nitrogens with one attached hydrogen (secondary N) is 1. The van der Waals surface area contributed by atoms with Crippen molar-refractivity contribution in [2.45, 2.75) is 110 Å². The lowest BCUT2D eigenvalue weighted by Crippen LogP contribution is -2.21. The predicted molar refractivity (Wildman–Crippen MR) is 114 cm³/mol. The first-order valence-electron chi connectivity index (χ1n) is 11.1. The summed E-state index contributed by atoms with van der Waals surface area (Å²) in [5.74, 6) is 0.167. The van der Waals surface area contributed by atoms with Gasteiger partial charge in [0.2, 0.25) is 5.91 Å². The van der Waals surface area contributed by atoms with Crippen LogP contribution in [0, 0.1) is 0 Å². The summed E-state index contributed by atoms with van der Waals surface area (Å²) < 4.78 is 0. The van der Waals surface area contributed by atoms with E-state index in [2.05, 4.69) is 36.5 Å². The molecule has 0 aliphatic heterocycles. The van der Waals surface area contributed by atoms with Crippen molar-refractivity contribution in [2.75, 3.05) is 0 Å². The molecule has 0 saturated heterocycles. The van der Waals surface area contributed by atoms with Crippen LogP contribution in [0.3, 0.4) is 0 Å². The van der Waals surface area contributed by atoms with E-state index in [1.165, 1.54) is 77.0 Å². The summed E-state index contributed by atoms with van der Waals surface area (Å²) in [5.41, 5.74) is 0.981. The van der Waals surface area contributed by atoms with E-state index in [1.807, 2.05) is 6.08 Å². The van der Waals surface area contributed by atoms with Gasteiger partial charge in [0, 0.05) is 12.1 Å². The van der Waals surface area contributed by atoms with Crippen molar-refractivity contribution in [3.63, 3.8) is 0 Å². The zero-order chi connectivity index (χ0) is 18.7. The van der Waals surface area contributed by atoms with Crippen LogP contribution in [0.25, 0.3) is 0 Å². The number of carbonyl (C=O) groups excluding carboxylic acids is 1. The van der Waals surface area contributed by atoms with Crippen LogP contribution >= 0.6 is 0 Å². The molecule has 0 bridgehead atoms. The molecule has 0 spiro atoms. The Bertz CT molecular complexity index is 433. The Morgan fingerprint density at radius 2 is 1.50 bits per heavy atom. The summed E-state index contributed by atoms with van der Waals surface area (Å²) in [5, 5.41) is 2.99. The Balaban J connectivity index is 1.81. The van der Waals surface area contributed by atoms with E-state index in [0.717, 1.165) is 25.0 Å². The van der Waals surface area contributed by atoms with Crippen molar-refractivity contribution in [1.29, 1.82) is 0 Å². The van der Waals surface area contributed by atoms with Gasteiger partial charge >= 0.3 is 0 Å². The lowest BCUT2D eigenvalue weighted by molar-refractivity contribution is -0.120. The maximum Gasteiger partial charge on any atom is 0.224 e. The highest BCUT2D eigenvalue weighted by Crippen LogP contribution is 2.11. The van der Waals surface area contributed by atoms with Crippen LogP contribution in [0.1, 0.15) is 110 Å². The Morgan fingerprint density at radius 3 is 2.12 bits per heavy atom. The molecule has 1 aliphatic rings. The highest BCUT2D eigenvalue weighted by atomic mass is 16.1. The van der Waals surface area contributed by atoms with Crippen LogP contribution in [-0.4, -0.2) is 5.91 Å². The molecule has 0 unspecified atom stereocenters. The fourth-order valence-corrected chi connectivity index (χ4v) is 3.29. The Morgan fingerprint density at radius 1 is 0.885 bits per heavy atom. The Hall–Kier alpha value is -1.31. The maximum atomic E-state index is 11.9. The molecular formula is C24H41NO. The highest BCUT2D eigenvalue weighted by Gasteiger charge is 2.03. The largest absolute Gasteiger partial charge is 0.326 e. The van der Waals surface area contributed by atoms with Gasteiger partial charge in [0.05, 0.1) is 0 Å². The van der Waals surface area contributed by atoms with Crippen LogP contribution in [-0.2, 0) is 4.79 Å². The molecule has 0 atom stereocenters. The van der Waals surface area contributed by atoms with Crippen molar-refractivity contribution in [1.82, 2.24) is 5.32 Å². The number of allylic oxidation sites excluding steroid dienone is 5. The quantitative estimate of drug-likeness (QED) is 0.226. The van der Waals surface area contributed by atoms with Gasteiger partial charge in [-0.15, -0.1) is 0 Å². The topological polar surface area (TPSA) is 29.1 Å². The summed E-state index contributed by atoms with van der Waals surface area (Å²) in [6.45, 7) is 2.27. The average Bonchev–Trinajstić information content (AvgIpc) is 2.65. The van der Waals surface area contributed by atoms with E-state index in [9.17, 15) is 4.79 Å². The average molecular weight is 360 g/mol. The molecule has 1 N–H and O–H groups in total. The molecule has 0 aromatic heterocycles. The highest BCUT2D eigenvalue weighted by molar-refractivity contribution is 5.78. The standard InChI is InChI=1S/C24H41NO/c1-2-3-4-5-6-7-8-9-10-11-12-13-14-15-19-22-24(26)25-23-20-17-16-18-21-23/h9-10,17,20-21H,2-8,11-16,18-19,22H2,1H3,(H,25,26)/b10-9-. The second kappa shape index (κ2) is 17.1. The van der Waals surface area contributed by atoms with Gasteiger partial charge in [-0.05, 0) is 51.0 Å². The third kappa shape index (κ3) is 13.9. The third-order valence-electron chi connectivity index (χ3n) is 4.94. The number of amides is 1. The smallest absolute Gasteiger partial charge is 0.224 e. The van der Waals surface area contributed by atoms with E-state index in [0.29, 0.717) is 6.42 Å². The summed E-state index contributed by atoms with van der Waals surface area (Å²) in [7, 11) is 0. The third-order valence-corrected chi connectivity index (χ3v) is 4.94. The minimum absolute atomic E-state index is 0.167. The van der Waals surface area contributed by atoms with Gasteiger partial charge in [0.25, 0.3) is 0 Å². The number of hydrogen-bond acceptors (Lipinski definition) is 1. The van der Waals surface area contributed by atoms with Crippen molar-refractivity contribution in [2.24, 2.45) is 0 Å². The van der Waals surface area contributed by atoms with Gasteiger partial charge in [0.15, 0.2) is 0 Å². The molecule has 1 aliphatic carbocycles. The molecule has 2 heteroatoms. The maximum absolute atomic E-state index is 11.9. The van der Waals surface area contributed by atoms with Gasteiger partial charge in [-0.1, -0.05) is 82.6 Å². The molecule has 1 rings (SSSR count). The summed E-state index contributed by atoms with van der Waals surface area (Å²) in [6, 6.07) is 0. The van der Waals surface area contributed by atoms with Crippen LogP contribution in [0.4, 0.5) is 0 Å². The van der Waals surface area contributed by atoms with Gasteiger partial charge in [0.1, 0.15) is 0 Å². The van der Waals surface area contributed by atoms with E-state index in [4.69, 9.17) is 0 Å². The Labute approximate surface area is 162 Å². The van der Waals surface area contributed by atoms with E-state index >= 15 is 0 Å². The van der Waals surface area contributed by atoms with E-state index in [-0.39, 0.29) is 5.91 Å². The van der Waals surface area contributed by atoms with Crippen LogP contribution < -0.4 is 5.32 Å². The zero-order valence-electron chi connectivity index (χ0n) is 17.1. The number of unbranched alkanes of at least 4 members (excludes halogenated alkanes) is 11. The van der Waals surface area contributed by atoms with Crippen molar-refractivity contribution in [3.8, 4) is 0 Å². The molecule has 148 valence electrons. The van der Waals surface area contributed by atoms with E-state index in [1.54, 1.807) is 0 Å². The van der Waals surface area contributed by atoms with Gasteiger partial charge in [-0.2, -0.15) is 0 Å². The number of rotatable bonds is 16. The first-order chi connectivity index (χ1) is 12.8. The predicted octanol–water partition coefficient (Wildman–Crippen LogP) is 7.37. The molecule has 2 nitrogen and oxygen atoms in total. The summed E-state index contributed by atoms with van der Waals surface area (Å²) >= 11 is 0. The van der Waals surface area contributed by atoms with Gasteiger partial charge in [-0.3, -0.25) is 4.79 Å². The molecule has 0 fully saturated rings. The number of hydrogen-bond donors (Lipinski definition) is 1. The van der Waals surface area contributed by atoms with Crippen molar-refractivity contribution in [3.05, 3.63) is 36.1 Å². The van der Waals surface area contributed by atoms with Crippen LogP contribution in [0.5, 0.6) is 0 Å². The summed E-state index contributed by atoms with van der Waals surface area (Å²) in [4.78, 5) is 11.9. The second-order valence-electron chi connectivity index (χ2n) is 7.52. The molecule has 0 aromatic carbocycles. The van der Waals surface area contributed by atoms with Crippen LogP contribution in [0.15, 0.2) is 36.1 Å². The Kier molecular flexibility index (Phi) is 15.0.